The van der Waals surface area contributed by atoms with E-state index in [9.17, 15) is 18.3 Å². The summed E-state index contributed by atoms with van der Waals surface area (Å²) < 4.78 is 42.3. The lowest BCUT2D eigenvalue weighted by Crippen LogP contribution is -2.37. The second kappa shape index (κ2) is 7.89. The largest absolute Gasteiger partial charge is 0.512 e. The van der Waals surface area contributed by atoms with Crippen LogP contribution in [0.4, 0.5) is 13.2 Å². The Kier molecular flexibility index (Phi) is 6.25. The number of hydrogen-bond acceptors (Lipinski definition) is 1. The molecule has 0 bridgehead atoms. The van der Waals surface area contributed by atoms with Gasteiger partial charge in [0.15, 0.2) is 0 Å². The number of alkyl halides is 2. The third kappa shape index (κ3) is 4.33. The summed E-state index contributed by atoms with van der Waals surface area (Å²) >= 11 is 0. The summed E-state index contributed by atoms with van der Waals surface area (Å²) in [7, 11) is 0. The number of aliphatic hydroxyl groups is 1. The molecule has 0 saturated heterocycles. The SMILES string of the molecule is C=C(F)/C(=C\C/C(C)=C/C)C1(C2=CC=C(O)C(C)C2)CCC(F)(F)CC1. The van der Waals surface area contributed by atoms with Crippen LogP contribution >= 0.6 is 0 Å². The van der Waals surface area contributed by atoms with Gasteiger partial charge in [-0.1, -0.05) is 42.9 Å². The van der Waals surface area contributed by atoms with Gasteiger partial charge in [0.1, 0.15) is 5.83 Å². The predicted octanol–water partition coefficient (Wildman–Crippen LogP) is 7.36. The average molecular weight is 366 g/mol. The van der Waals surface area contributed by atoms with Gasteiger partial charge in [-0.25, -0.2) is 13.2 Å². The molecular weight excluding hydrogens is 337 g/mol. The first-order valence-electron chi connectivity index (χ1n) is 9.26. The van der Waals surface area contributed by atoms with Crippen LogP contribution in [0.25, 0.3) is 0 Å². The van der Waals surface area contributed by atoms with Crippen molar-refractivity contribution in [2.24, 2.45) is 11.3 Å². The Hall–Kier alpha value is -1.71. The minimum atomic E-state index is -2.70. The maximum Gasteiger partial charge on any atom is 0.248 e. The molecule has 0 spiro atoms. The van der Waals surface area contributed by atoms with Gasteiger partial charge in [0, 0.05) is 24.2 Å². The number of allylic oxidation sites excluding steroid dienone is 9. The lowest BCUT2D eigenvalue weighted by atomic mass is 9.61. The predicted molar refractivity (Wildman–Crippen MR) is 101 cm³/mol. The zero-order valence-electron chi connectivity index (χ0n) is 15.9. The molecule has 2 aliphatic rings. The van der Waals surface area contributed by atoms with Crippen molar-refractivity contribution in [2.45, 2.75) is 65.2 Å². The lowest BCUT2D eigenvalue weighted by Gasteiger charge is -2.45. The molecule has 26 heavy (non-hydrogen) atoms. The summed E-state index contributed by atoms with van der Waals surface area (Å²) in [5.74, 6) is -3.07. The van der Waals surface area contributed by atoms with E-state index in [1.807, 2.05) is 32.9 Å². The molecule has 0 aromatic rings. The summed E-state index contributed by atoms with van der Waals surface area (Å²) in [6, 6.07) is 0. The molecule has 144 valence electrons. The van der Waals surface area contributed by atoms with Crippen molar-refractivity contribution in [3.63, 3.8) is 0 Å². The fraction of sp³-hybridized carbons (Fsp3) is 0.545. The normalized spacial score (nSPS) is 26.2. The van der Waals surface area contributed by atoms with E-state index in [1.165, 1.54) is 0 Å². The van der Waals surface area contributed by atoms with Gasteiger partial charge >= 0.3 is 0 Å². The summed E-state index contributed by atoms with van der Waals surface area (Å²) in [5, 5.41) is 9.90. The Labute approximate surface area is 154 Å². The molecule has 0 aliphatic heterocycles. The zero-order valence-corrected chi connectivity index (χ0v) is 15.9. The molecule has 1 fully saturated rings. The van der Waals surface area contributed by atoms with E-state index in [0.717, 1.165) is 11.1 Å². The van der Waals surface area contributed by atoms with Gasteiger partial charge in [-0.2, -0.15) is 0 Å². The Morgan fingerprint density at radius 3 is 2.38 bits per heavy atom. The minimum absolute atomic E-state index is 0.0966. The van der Waals surface area contributed by atoms with Gasteiger partial charge in [-0.05, 0) is 51.2 Å². The van der Waals surface area contributed by atoms with Crippen molar-refractivity contribution in [2.75, 3.05) is 0 Å². The third-order valence-corrected chi connectivity index (χ3v) is 5.86. The van der Waals surface area contributed by atoms with E-state index >= 15 is 0 Å². The Bertz CT molecular complexity index is 670. The van der Waals surface area contributed by atoms with Crippen LogP contribution in [0.15, 0.2) is 59.2 Å². The van der Waals surface area contributed by atoms with Crippen LogP contribution in [0.2, 0.25) is 0 Å². The second-order valence-electron chi connectivity index (χ2n) is 7.69. The van der Waals surface area contributed by atoms with Gasteiger partial charge in [0.05, 0.1) is 5.76 Å². The van der Waals surface area contributed by atoms with Crippen molar-refractivity contribution in [1.82, 2.24) is 0 Å². The topological polar surface area (TPSA) is 20.2 Å². The Morgan fingerprint density at radius 2 is 1.88 bits per heavy atom. The van der Waals surface area contributed by atoms with E-state index in [0.29, 0.717) is 18.4 Å². The Morgan fingerprint density at radius 1 is 1.27 bits per heavy atom. The highest BCUT2D eigenvalue weighted by Crippen LogP contribution is 2.56. The second-order valence-corrected chi connectivity index (χ2v) is 7.69. The molecule has 0 aromatic carbocycles. The van der Waals surface area contributed by atoms with Crippen molar-refractivity contribution in [3.05, 3.63) is 59.2 Å². The van der Waals surface area contributed by atoms with Gasteiger partial charge in [0.2, 0.25) is 5.92 Å². The molecule has 2 aliphatic carbocycles. The van der Waals surface area contributed by atoms with Gasteiger partial charge in [-0.3, -0.25) is 0 Å². The molecule has 0 amide bonds. The van der Waals surface area contributed by atoms with E-state index in [-0.39, 0.29) is 37.4 Å². The van der Waals surface area contributed by atoms with Crippen LogP contribution in [0, 0.1) is 11.3 Å². The molecule has 0 heterocycles. The fourth-order valence-corrected chi connectivity index (χ4v) is 3.96. The van der Waals surface area contributed by atoms with Crippen molar-refractivity contribution in [1.29, 1.82) is 0 Å². The summed E-state index contributed by atoms with van der Waals surface area (Å²) in [4.78, 5) is 0. The Balaban J connectivity index is 2.51. The molecular formula is C22H29F3O. The molecule has 1 unspecified atom stereocenters. The molecule has 1 N–H and O–H groups in total. The van der Waals surface area contributed by atoms with Gasteiger partial charge in [-0.15, -0.1) is 0 Å². The molecule has 1 atom stereocenters. The maximum atomic E-state index is 14.5. The van der Waals surface area contributed by atoms with Crippen molar-refractivity contribution >= 4 is 0 Å². The highest BCUT2D eigenvalue weighted by molar-refractivity contribution is 5.43. The van der Waals surface area contributed by atoms with Gasteiger partial charge < -0.3 is 5.11 Å². The molecule has 4 heteroatoms. The number of hydrogen-bond donors (Lipinski definition) is 1. The molecule has 0 aromatic heterocycles. The van der Waals surface area contributed by atoms with Crippen LogP contribution < -0.4 is 0 Å². The highest BCUT2D eigenvalue weighted by Gasteiger charge is 2.48. The van der Waals surface area contributed by atoms with E-state index in [1.54, 1.807) is 12.2 Å². The first-order valence-corrected chi connectivity index (χ1v) is 9.26. The van der Waals surface area contributed by atoms with Gasteiger partial charge in [0.25, 0.3) is 0 Å². The van der Waals surface area contributed by atoms with E-state index < -0.39 is 17.2 Å². The number of rotatable bonds is 5. The monoisotopic (exact) mass is 366 g/mol. The number of aliphatic hydroxyl groups excluding tert-OH is 1. The summed E-state index contributed by atoms with van der Waals surface area (Å²) in [6.45, 7) is 9.28. The van der Waals surface area contributed by atoms with Crippen LogP contribution in [0.5, 0.6) is 0 Å². The molecule has 2 rings (SSSR count). The van der Waals surface area contributed by atoms with Crippen LogP contribution in [0.1, 0.15) is 59.3 Å². The standard InChI is InChI=1S/C22H29F3O/c1-5-15(2)6-8-19(17(4)23)21(10-12-22(24,25)13-11-21)18-7-9-20(26)16(3)14-18/h5,7-9,16,26H,4,6,10-14H2,1-3H3/b15-5+,19-8+. The van der Waals surface area contributed by atoms with Crippen LogP contribution in [0.3, 0.4) is 0 Å². The first-order chi connectivity index (χ1) is 12.1. The van der Waals surface area contributed by atoms with E-state index in [4.69, 9.17) is 0 Å². The van der Waals surface area contributed by atoms with Crippen molar-refractivity contribution < 1.29 is 18.3 Å². The van der Waals surface area contributed by atoms with Crippen LogP contribution in [-0.4, -0.2) is 11.0 Å². The molecule has 1 saturated carbocycles. The quantitative estimate of drug-likeness (QED) is 0.398. The highest BCUT2D eigenvalue weighted by atomic mass is 19.3. The summed E-state index contributed by atoms with van der Waals surface area (Å²) in [5.41, 5.74) is 1.67. The lowest BCUT2D eigenvalue weighted by molar-refractivity contribution is -0.0544. The van der Waals surface area contributed by atoms with E-state index in [2.05, 4.69) is 6.58 Å². The fourth-order valence-electron chi connectivity index (χ4n) is 3.96. The number of halogens is 3. The smallest absolute Gasteiger partial charge is 0.248 e. The molecule has 0 radical (unpaired) electrons. The maximum absolute atomic E-state index is 14.5. The van der Waals surface area contributed by atoms with Crippen LogP contribution in [-0.2, 0) is 0 Å². The van der Waals surface area contributed by atoms with Crippen molar-refractivity contribution in [3.8, 4) is 0 Å². The third-order valence-electron chi connectivity index (χ3n) is 5.86. The summed E-state index contributed by atoms with van der Waals surface area (Å²) in [6.07, 6.45) is 8.14. The zero-order chi connectivity index (χ0) is 19.5. The average Bonchev–Trinajstić information content (AvgIpc) is 2.58. The molecule has 1 nitrogen and oxygen atoms in total. The first kappa shape index (κ1) is 20.6. The minimum Gasteiger partial charge on any atom is -0.512 e.